The molecule has 1 saturated heterocycles. The SMILES string of the molecule is CCCCN(C(=O)COC(=O)CSc1cccc2cccc(Cl)c12)C1CCS(=O)(=O)C1. The van der Waals surface area contributed by atoms with Crippen LogP contribution in [-0.4, -0.2) is 61.6 Å². The van der Waals surface area contributed by atoms with E-state index in [0.717, 1.165) is 28.5 Å². The second kappa shape index (κ2) is 10.7. The van der Waals surface area contributed by atoms with E-state index in [1.165, 1.54) is 11.8 Å². The predicted molar refractivity (Wildman–Crippen MR) is 124 cm³/mol. The number of sulfone groups is 1. The molecule has 168 valence electrons. The van der Waals surface area contributed by atoms with Crippen molar-refractivity contribution < 1.29 is 22.7 Å². The molecular formula is C22H26ClNO5S2. The number of benzene rings is 2. The first-order chi connectivity index (χ1) is 14.8. The smallest absolute Gasteiger partial charge is 0.316 e. The molecule has 3 rings (SSSR count). The molecule has 0 aromatic heterocycles. The van der Waals surface area contributed by atoms with Crippen molar-refractivity contribution in [3.05, 3.63) is 41.4 Å². The Hall–Kier alpha value is -1.77. The van der Waals surface area contributed by atoms with Gasteiger partial charge in [0.05, 0.1) is 17.3 Å². The third-order valence-electron chi connectivity index (χ3n) is 5.24. The summed E-state index contributed by atoms with van der Waals surface area (Å²) in [6.45, 7) is 2.09. The van der Waals surface area contributed by atoms with Crippen LogP contribution in [0, 0.1) is 0 Å². The average Bonchev–Trinajstić information content (AvgIpc) is 3.10. The lowest BCUT2D eigenvalue weighted by molar-refractivity contribution is -0.150. The van der Waals surface area contributed by atoms with Gasteiger partial charge in [-0.05, 0) is 30.4 Å². The fourth-order valence-electron chi connectivity index (χ4n) is 3.65. The molecule has 9 heteroatoms. The molecule has 0 aliphatic carbocycles. The standard InChI is InChI=1S/C22H26ClNO5S2/c1-2-3-11-24(17-10-12-31(27,28)15-17)20(25)13-29-21(26)14-30-19-9-5-7-16-6-4-8-18(23)22(16)19/h4-9,17H,2-3,10-15H2,1H3. The second-order valence-electron chi connectivity index (χ2n) is 7.54. The van der Waals surface area contributed by atoms with Crippen LogP contribution < -0.4 is 0 Å². The number of rotatable bonds is 9. The Bertz CT molecular complexity index is 1050. The largest absolute Gasteiger partial charge is 0.455 e. The summed E-state index contributed by atoms with van der Waals surface area (Å²) in [5.74, 6) is -0.727. The van der Waals surface area contributed by atoms with E-state index in [0.29, 0.717) is 18.0 Å². The molecule has 1 heterocycles. The Labute approximate surface area is 192 Å². The van der Waals surface area contributed by atoms with Crippen LogP contribution in [0.15, 0.2) is 41.3 Å². The monoisotopic (exact) mass is 483 g/mol. The molecule has 1 atom stereocenters. The fourth-order valence-corrected chi connectivity index (χ4v) is 6.62. The van der Waals surface area contributed by atoms with Crippen molar-refractivity contribution in [2.24, 2.45) is 0 Å². The number of carbonyl (C=O) groups excluding carboxylic acids is 2. The summed E-state index contributed by atoms with van der Waals surface area (Å²) in [7, 11) is -3.11. The van der Waals surface area contributed by atoms with Crippen LogP contribution in [0.25, 0.3) is 10.8 Å². The zero-order valence-electron chi connectivity index (χ0n) is 17.4. The number of amides is 1. The molecule has 0 saturated carbocycles. The van der Waals surface area contributed by atoms with Gasteiger partial charge in [0, 0.05) is 27.9 Å². The van der Waals surface area contributed by atoms with Crippen LogP contribution >= 0.6 is 23.4 Å². The number of esters is 1. The van der Waals surface area contributed by atoms with Crippen LogP contribution in [0.4, 0.5) is 0 Å². The van der Waals surface area contributed by atoms with Crippen molar-refractivity contribution >= 4 is 55.8 Å². The van der Waals surface area contributed by atoms with Gasteiger partial charge in [0.1, 0.15) is 0 Å². The molecule has 1 aliphatic heterocycles. The first kappa shape index (κ1) is 23.9. The highest BCUT2D eigenvalue weighted by Gasteiger charge is 2.34. The van der Waals surface area contributed by atoms with E-state index >= 15 is 0 Å². The van der Waals surface area contributed by atoms with E-state index < -0.39 is 15.8 Å². The quantitative estimate of drug-likeness (QED) is 0.397. The summed E-state index contributed by atoms with van der Waals surface area (Å²) in [5, 5.41) is 2.48. The van der Waals surface area contributed by atoms with Gasteiger partial charge in [-0.3, -0.25) is 9.59 Å². The lowest BCUT2D eigenvalue weighted by Gasteiger charge is -2.28. The topological polar surface area (TPSA) is 80.8 Å². The molecule has 6 nitrogen and oxygen atoms in total. The third-order valence-corrected chi connectivity index (χ3v) is 8.34. The zero-order valence-corrected chi connectivity index (χ0v) is 19.8. The van der Waals surface area contributed by atoms with Crippen molar-refractivity contribution in [3.63, 3.8) is 0 Å². The van der Waals surface area contributed by atoms with E-state index in [-0.39, 0.29) is 35.8 Å². The number of nitrogens with zero attached hydrogens (tertiary/aromatic N) is 1. The maximum Gasteiger partial charge on any atom is 0.316 e. The summed E-state index contributed by atoms with van der Waals surface area (Å²) in [4.78, 5) is 27.4. The lowest BCUT2D eigenvalue weighted by Crippen LogP contribution is -2.44. The Kier molecular flexibility index (Phi) is 8.24. The molecule has 1 amide bonds. The van der Waals surface area contributed by atoms with Crippen molar-refractivity contribution in [1.82, 2.24) is 4.90 Å². The summed E-state index contributed by atoms with van der Waals surface area (Å²) in [5.41, 5.74) is 0. The van der Waals surface area contributed by atoms with Gasteiger partial charge < -0.3 is 9.64 Å². The van der Waals surface area contributed by atoms with Crippen LogP contribution in [0.2, 0.25) is 5.02 Å². The van der Waals surface area contributed by atoms with Crippen molar-refractivity contribution in [2.75, 3.05) is 30.4 Å². The number of thioether (sulfide) groups is 1. The minimum atomic E-state index is -3.11. The number of hydrogen-bond acceptors (Lipinski definition) is 6. The van der Waals surface area contributed by atoms with Gasteiger partial charge in [-0.25, -0.2) is 8.42 Å². The van der Waals surface area contributed by atoms with Crippen LogP contribution in [0.3, 0.4) is 0 Å². The molecule has 1 aliphatic rings. The van der Waals surface area contributed by atoms with Gasteiger partial charge in [0.2, 0.25) is 0 Å². The van der Waals surface area contributed by atoms with Gasteiger partial charge in [-0.1, -0.05) is 49.2 Å². The molecule has 2 aromatic carbocycles. The zero-order chi connectivity index (χ0) is 22.4. The highest BCUT2D eigenvalue weighted by Crippen LogP contribution is 2.33. The molecule has 1 unspecified atom stereocenters. The van der Waals surface area contributed by atoms with Crippen molar-refractivity contribution in [1.29, 1.82) is 0 Å². The number of fused-ring (bicyclic) bond motifs is 1. The number of ether oxygens (including phenoxy) is 1. The molecule has 2 aromatic rings. The lowest BCUT2D eigenvalue weighted by atomic mass is 10.1. The fraction of sp³-hybridized carbons (Fsp3) is 0.455. The first-order valence-corrected chi connectivity index (χ1v) is 13.4. The Morgan fingerprint density at radius 2 is 1.97 bits per heavy atom. The number of unbranched alkanes of at least 4 members (excludes halogenated alkanes) is 1. The van der Waals surface area contributed by atoms with Crippen LogP contribution in [0.5, 0.6) is 0 Å². The summed E-state index contributed by atoms with van der Waals surface area (Å²) >= 11 is 7.62. The number of halogens is 1. The van der Waals surface area contributed by atoms with Gasteiger partial charge in [-0.2, -0.15) is 0 Å². The van der Waals surface area contributed by atoms with Gasteiger partial charge >= 0.3 is 5.97 Å². The van der Waals surface area contributed by atoms with Crippen molar-refractivity contribution in [2.45, 2.75) is 37.1 Å². The number of hydrogen-bond donors (Lipinski definition) is 0. The normalized spacial score (nSPS) is 17.5. The minimum Gasteiger partial charge on any atom is -0.455 e. The Morgan fingerprint density at radius 3 is 2.65 bits per heavy atom. The first-order valence-electron chi connectivity index (χ1n) is 10.3. The molecule has 0 spiro atoms. The molecule has 31 heavy (non-hydrogen) atoms. The maximum atomic E-state index is 12.7. The highest BCUT2D eigenvalue weighted by molar-refractivity contribution is 8.00. The predicted octanol–water partition coefficient (Wildman–Crippen LogP) is 3.94. The molecular weight excluding hydrogens is 458 g/mol. The highest BCUT2D eigenvalue weighted by atomic mass is 35.5. The summed E-state index contributed by atoms with van der Waals surface area (Å²) in [6, 6.07) is 11.0. The second-order valence-corrected chi connectivity index (χ2v) is 11.2. The van der Waals surface area contributed by atoms with Gasteiger partial charge in [-0.15, -0.1) is 11.8 Å². The molecule has 0 bridgehead atoms. The minimum absolute atomic E-state index is 0.0197. The van der Waals surface area contributed by atoms with E-state index in [1.54, 1.807) is 11.0 Å². The average molecular weight is 484 g/mol. The Morgan fingerprint density at radius 1 is 1.23 bits per heavy atom. The molecule has 0 N–H and O–H groups in total. The summed E-state index contributed by atoms with van der Waals surface area (Å²) in [6.07, 6.45) is 2.09. The maximum absolute atomic E-state index is 12.7. The van der Waals surface area contributed by atoms with E-state index in [9.17, 15) is 18.0 Å². The third kappa shape index (κ3) is 6.37. The van der Waals surface area contributed by atoms with Gasteiger partial charge in [0.25, 0.3) is 5.91 Å². The van der Waals surface area contributed by atoms with Crippen LogP contribution in [0.1, 0.15) is 26.2 Å². The van der Waals surface area contributed by atoms with E-state index in [1.807, 2.05) is 37.3 Å². The molecule has 0 radical (unpaired) electrons. The summed E-state index contributed by atoms with van der Waals surface area (Å²) < 4.78 is 28.8. The Balaban J connectivity index is 1.56. The van der Waals surface area contributed by atoms with Crippen LogP contribution in [-0.2, 0) is 24.2 Å². The molecule has 1 fully saturated rings. The van der Waals surface area contributed by atoms with Gasteiger partial charge in [0.15, 0.2) is 16.4 Å². The van der Waals surface area contributed by atoms with Crippen molar-refractivity contribution in [3.8, 4) is 0 Å². The van der Waals surface area contributed by atoms with E-state index in [4.69, 9.17) is 16.3 Å². The van der Waals surface area contributed by atoms with E-state index in [2.05, 4.69) is 0 Å². The number of carbonyl (C=O) groups is 2.